The zero-order valence-electron chi connectivity index (χ0n) is 16.6. The molecule has 0 bridgehead atoms. The van der Waals surface area contributed by atoms with Gasteiger partial charge in [0.1, 0.15) is 0 Å². The molecule has 9 heteroatoms. The van der Waals surface area contributed by atoms with Gasteiger partial charge in [-0.15, -0.1) is 11.8 Å². The minimum atomic E-state index is -3.82. The summed E-state index contributed by atoms with van der Waals surface area (Å²) < 4.78 is 28.2. The zero-order chi connectivity index (χ0) is 21.3. The summed E-state index contributed by atoms with van der Waals surface area (Å²) in [5.41, 5.74) is 1.92. The molecule has 0 aromatic heterocycles. The van der Waals surface area contributed by atoms with E-state index in [-0.39, 0.29) is 10.8 Å². The van der Waals surface area contributed by atoms with Gasteiger partial charge in [-0.2, -0.15) is 0 Å². The number of amides is 2. The van der Waals surface area contributed by atoms with E-state index in [9.17, 15) is 18.0 Å². The van der Waals surface area contributed by atoms with E-state index < -0.39 is 21.2 Å². The number of anilines is 2. The zero-order valence-corrected chi connectivity index (χ0v) is 18.2. The van der Waals surface area contributed by atoms with Crippen molar-refractivity contribution in [3.63, 3.8) is 0 Å². The third-order valence-electron chi connectivity index (χ3n) is 5.23. The lowest BCUT2D eigenvalue weighted by Gasteiger charge is -2.27. The summed E-state index contributed by atoms with van der Waals surface area (Å²) in [6, 6.07) is 11.8. The maximum atomic E-state index is 12.8. The number of fused-ring (bicyclic) bond motifs is 1. The fourth-order valence-electron chi connectivity index (χ4n) is 3.59. The number of benzene rings is 2. The smallest absolute Gasteiger partial charge is 0.261 e. The van der Waals surface area contributed by atoms with Gasteiger partial charge < -0.3 is 10.2 Å². The molecule has 2 heterocycles. The molecule has 0 aliphatic carbocycles. The molecule has 1 atom stereocenters. The molecule has 0 saturated carbocycles. The van der Waals surface area contributed by atoms with Crippen LogP contribution in [0.3, 0.4) is 0 Å². The minimum absolute atomic E-state index is 0.0494. The highest BCUT2D eigenvalue weighted by Crippen LogP contribution is 2.38. The molecule has 2 amide bonds. The monoisotopic (exact) mass is 445 g/mol. The van der Waals surface area contributed by atoms with E-state index in [0.29, 0.717) is 29.4 Å². The van der Waals surface area contributed by atoms with E-state index in [0.717, 1.165) is 24.8 Å². The Bertz CT molecular complexity index is 1100. The Hall–Kier alpha value is -2.52. The summed E-state index contributed by atoms with van der Waals surface area (Å²) in [6.07, 6.45) is 2.71. The Kier molecular flexibility index (Phi) is 5.75. The van der Waals surface area contributed by atoms with Crippen molar-refractivity contribution < 1.29 is 18.0 Å². The number of carbonyl (C=O) groups is 2. The van der Waals surface area contributed by atoms with Crippen LogP contribution in [0, 0.1) is 0 Å². The van der Waals surface area contributed by atoms with Gasteiger partial charge in [-0.1, -0.05) is 19.1 Å². The summed E-state index contributed by atoms with van der Waals surface area (Å²) in [5, 5.41) is 1.87. The first kappa shape index (κ1) is 20.7. The Balaban J connectivity index is 1.55. The first-order valence-corrected chi connectivity index (χ1v) is 12.3. The number of aryl methyl sites for hydroxylation is 1. The van der Waals surface area contributed by atoms with Gasteiger partial charge in [0.25, 0.3) is 10.0 Å². The highest BCUT2D eigenvalue weighted by Gasteiger charge is 2.37. The average Bonchev–Trinajstić information content (AvgIpc) is 3.27. The number of sulfonamides is 1. The first-order valence-electron chi connectivity index (χ1n) is 9.89. The van der Waals surface area contributed by atoms with Gasteiger partial charge in [0, 0.05) is 23.7 Å². The Morgan fingerprint density at radius 1 is 1.20 bits per heavy atom. The third-order valence-corrected chi connectivity index (χ3v) is 7.87. The van der Waals surface area contributed by atoms with Crippen molar-refractivity contribution in [1.29, 1.82) is 0 Å². The molecule has 0 spiro atoms. The molecule has 2 aliphatic rings. The predicted octanol–water partition coefficient (Wildman–Crippen LogP) is 3.09. The lowest BCUT2D eigenvalue weighted by Crippen LogP contribution is -2.43. The number of hydrogen-bond acceptors (Lipinski definition) is 5. The van der Waals surface area contributed by atoms with E-state index in [1.807, 2.05) is 13.0 Å². The number of nitrogens with zero attached hydrogens (tertiary/aromatic N) is 1. The second-order valence-corrected chi connectivity index (χ2v) is 10.2. The van der Waals surface area contributed by atoms with Crippen molar-refractivity contribution in [1.82, 2.24) is 4.90 Å². The van der Waals surface area contributed by atoms with Crippen LogP contribution in [-0.2, 0) is 26.0 Å². The summed E-state index contributed by atoms with van der Waals surface area (Å²) in [7, 11) is -3.82. The molecule has 4 rings (SSSR count). The number of carbonyl (C=O) groups excluding carboxylic acids is 2. The molecule has 30 heavy (non-hydrogen) atoms. The van der Waals surface area contributed by atoms with Gasteiger partial charge in [-0.3, -0.25) is 14.3 Å². The molecule has 158 valence electrons. The molecular formula is C21H23N3O4S2. The molecular weight excluding hydrogens is 422 g/mol. The van der Waals surface area contributed by atoms with Crippen molar-refractivity contribution in [3.05, 3.63) is 48.0 Å². The van der Waals surface area contributed by atoms with Crippen molar-refractivity contribution in [2.24, 2.45) is 0 Å². The third kappa shape index (κ3) is 4.17. The molecule has 1 saturated heterocycles. The number of thioether (sulfide) groups is 1. The van der Waals surface area contributed by atoms with Gasteiger partial charge >= 0.3 is 0 Å². The van der Waals surface area contributed by atoms with Crippen LogP contribution in [-0.4, -0.2) is 43.5 Å². The normalized spacial score (nSPS) is 18.6. The summed E-state index contributed by atoms with van der Waals surface area (Å²) in [6.45, 7) is 3.36. The number of likely N-dealkylation sites (tertiary alicyclic amines) is 1. The van der Waals surface area contributed by atoms with Crippen molar-refractivity contribution >= 4 is 45.0 Å². The molecule has 0 unspecified atom stereocenters. The van der Waals surface area contributed by atoms with Crippen molar-refractivity contribution in [2.45, 2.75) is 41.2 Å². The number of hydrogen-bond donors (Lipinski definition) is 2. The van der Waals surface area contributed by atoms with Gasteiger partial charge in [0.15, 0.2) is 5.25 Å². The maximum Gasteiger partial charge on any atom is 0.261 e. The molecule has 2 N–H and O–H groups in total. The highest BCUT2D eigenvalue weighted by molar-refractivity contribution is 8.01. The number of nitrogens with one attached hydrogen (secondary N) is 2. The summed E-state index contributed by atoms with van der Waals surface area (Å²) >= 11 is 1.17. The van der Waals surface area contributed by atoms with E-state index in [4.69, 9.17) is 0 Å². The number of rotatable bonds is 5. The van der Waals surface area contributed by atoms with Crippen LogP contribution in [0.1, 0.15) is 25.3 Å². The first-order chi connectivity index (χ1) is 14.4. The minimum Gasteiger partial charge on any atom is -0.341 e. The summed E-state index contributed by atoms with van der Waals surface area (Å²) in [5.74, 6) is -0.600. The van der Waals surface area contributed by atoms with Gasteiger partial charge in [0.05, 0.1) is 10.6 Å². The van der Waals surface area contributed by atoms with Crippen LogP contribution in [0.5, 0.6) is 0 Å². The van der Waals surface area contributed by atoms with Crippen molar-refractivity contribution in [3.8, 4) is 0 Å². The lowest BCUT2D eigenvalue weighted by molar-refractivity contribution is -0.133. The molecule has 0 radical (unpaired) electrons. The van der Waals surface area contributed by atoms with E-state index in [2.05, 4.69) is 10.0 Å². The fraction of sp³-hybridized carbons (Fsp3) is 0.333. The quantitative estimate of drug-likeness (QED) is 0.690. The highest BCUT2D eigenvalue weighted by atomic mass is 32.2. The topological polar surface area (TPSA) is 95.6 Å². The maximum absolute atomic E-state index is 12.8. The van der Waals surface area contributed by atoms with Gasteiger partial charge in [-0.05, 0) is 55.2 Å². The molecule has 2 aliphatic heterocycles. The van der Waals surface area contributed by atoms with Gasteiger partial charge in [0.2, 0.25) is 11.8 Å². The fourth-order valence-corrected chi connectivity index (χ4v) is 5.72. The SMILES string of the molecule is CCc1cccc(NS(=O)(=O)c2ccc3c(c2)NC(=O)[C@@H](C(=O)N2CCCC2)S3)c1. The largest absolute Gasteiger partial charge is 0.341 e. The summed E-state index contributed by atoms with van der Waals surface area (Å²) in [4.78, 5) is 27.6. The van der Waals surface area contributed by atoms with E-state index in [1.54, 1.807) is 29.2 Å². The second kappa shape index (κ2) is 8.31. The molecule has 1 fully saturated rings. The van der Waals surface area contributed by atoms with E-state index >= 15 is 0 Å². The molecule has 2 aromatic carbocycles. The van der Waals surface area contributed by atoms with Crippen LogP contribution in [0.25, 0.3) is 0 Å². The molecule has 2 aromatic rings. The van der Waals surface area contributed by atoms with Crippen LogP contribution >= 0.6 is 11.8 Å². The van der Waals surface area contributed by atoms with Crippen LogP contribution < -0.4 is 10.0 Å². The van der Waals surface area contributed by atoms with Crippen molar-refractivity contribution in [2.75, 3.05) is 23.1 Å². The Morgan fingerprint density at radius 2 is 1.97 bits per heavy atom. The Morgan fingerprint density at radius 3 is 2.70 bits per heavy atom. The van der Waals surface area contributed by atoms with E-state index in [1.165, 1.54) is 23.9 Å². The lowest BCUT2D eigenvalue weighted by atomic mass is 10.1. The van der Waals surface area contributed by atoms with Crippen LogP contribution in [0.2, 0.25) is 0 Å². The predicted molar refractivity (Wildman–Crippen MR) is 117 cm³/mol. The second-order valence-electron chi connectivity index (χ2n) is 7.34. The average molecular weight is 446 g/mol. The van der Waals surface area contributed by atoms with Gasteiger partial charge in [-0.25, -0.2) is 8.42 Å². The Labute approximate surface area is 180 Å². The van der Waals surface area contributed by atoms with Crippen LogP contribution in [0.4, 0.5) is 11.4 Å². The molecule has 7 nitrogen and oxygen atoms in total. The standard InChI is InChI=1S/C21H23N3O4S2/c1-2-14-6-5-7-15(12-14)23-30(27,28)16-8-9-18-17(13-16)22-20(25)19(29-18)21(26)24-10-3-4-11-24/h5-9,12-13,19,23H,2-4,10-11H2,1H3,(H,22,25)/t19-/m0/s1. The van der Waals surface area contributed by atoms with Crippen LogP contribution in [0.15, 0.2) is 52.3 Å².